The van der Waals surface area contributed by atoms with Crippen molar-refractivity contribution in [2.45, 2.75) is 12.5 Å². The summed E-state index contributed by atoms with van der Waals surface area (Å²) in [6.07, 6.45) is 0. The highest BCUT2D eigenvalue weighted by molar-refractivity contribution is 5.83. The third-order valence-corrected chi connectivity index (χ3v) is 1.27. The Morgan fingerprint density at radius 3 is 2.33 bits per heavy atom. The third kappa shape index (κ3) is 1.65. The summed E-state index contributed by atoms with van der Waals surface area (Å²) in [7, 11) is 1.32. The molecule has 1 unspecified atom stereocenters. The molecule has 4 heteroatoms. The SMILES string of the molecule is COC(C)(CO)C(N)=O. The lowest BCUT2D eigenvalue weighted by atomic mass is 10.1. The highest BCUT2D eigenvalue weighted by Gasteiger charge is 2.29. The first-order valence-electron chi connectivity index (χ1n) is 2.52. The molecule has 0 bridgehead atoms. The van der Waals surface area contributed by atoms with E-state index in [4.69, 9.17) is 10.8 Å². The Balaban J connectivity index is 4.09. The monoisotopic (exact) mass is 133 g/mol. The van der Waals surface area contributed by atoms with Gasteiger partial charge in [0.05, 0.1) is 6.61 Å². The van der Waals surface area contributed by atoms with E-state index in [-0.39, 0.29) is 0 Å². The summed E-state index contributed by atoms with van der Waals surface area (Å²) in [6, 6.07) is 0. The Morgan fingerprint density at radius 2 is 2.33 bits per heavy atom. The normalized spacial score (nSPS) is 16.8. The van der Waals surface area contributed by atoms with E-state index in [0.29, 0.717) is 0 Å². The van der Waals surface area contributed by atoms with E-state index < -0.39 is 18.1 Å². The lowest BCUT2D eigenvalue weighted by Gasteiger charge is -2.20. The van der Waals surface area contributed by atoms with Crippen LogP contribution < -0.4 is 5.73 Å². The molecule has 0 aliphatic rings. The van der Waals surface area contributed by atoms with Crippen LogP contribution in [0.15, 0.2) is 0 Å². The quantitative estimate of drug-likeness (QED) is 0.511. The Bertz CT molecular complexity index is 109. The summed E-state index contributed by atoms with van der Waals surface area (Å²) < 4.78 is 4.62. The van der Waals surface area contributed by atoms with Gasteiger partial charge in [-0.3, -0.25) is 4.79 Å². The number of hydrogen-bond acceptors (Lipinski definition) is 3. The maximum Gasteiger partial charge on any atom is 0.251 e. The number of hydrogen-bond donors (Lipinski definition) is 2. The fourth-order valence-corrected chi connectivity index (χ4v) is 0.243. The van der Waals surface area contributed by atoms with Crippen LogP contribution in [-0.2, 0) is 9.53 Å². The number of rotatable bonds is 3. The Kier molecular flexibility index (Phi) is 2.61. The van der Waals surface area contributed by atoms with E-state index in [2.05, 4.69) is 4.74 Å². The van der Waals surface area contributed by atoms with Crippen LogP contribution in [0.2, 0.25) is 0 Å². The van der Waals surface area contributed by atoms with E-state index in [1.54, 1.807) is 0 Å². The van der Waals surface area contributed by atoms with Crippen molar-refractivity contribution in [1.29, 1.82) is 0 Å². The fraction of sp³-hybridized carbons (Fsp3) is 0.800. The molecule has 0 fully saturated rings. The van der Waals surface area contributed by atoms with Crippen molar-refractivity contribution in [2.24, 2.45) is 5.73 Å². The minimum atomic E-state index is -1.22. The summed E-state index contributed by atoms with van der Waals surface area (Å²) in [5.41, 5.74) is 3.65. The van der Waals surface area contributed by atoms with E-state index in [1.165, 1.54) is 14.0 Å². The smallest absolute Gasteiger partial charge is 0.251 e. The van der Waals surface area contributed by atoms with Gasteiger partial charge in [-0.2, -0.15) is 0 Å². The molecule has 1 amide bonds. The van der Waals surface area contributed by atoms with Gasteiger partial charge in [0.25, 0.3) is 5.91 Å². The average Bonchev–Trinajstić information content (AvgIpc) is 1.86. The number of aliphatic hydroxyl groups is 1. The van der Waals surface area contributed by atoms with Crippen LogP contribution in [0, 0.1) is 0 Å². The zero-order chi connectivity index (χ0) is 7.49. The van der Waals surface area contributed by atoms with Gasteiger partial charge in [-0.1, -0.05) is 0 Å². The van der Waals surface area contributed by atoms with Crippen LogP contribution in [-0.4, -0.2) is 30.3 Å². The number of carbonyl (C=O) groups is 1. The Hall–Kier alpha value is -0.610. The van der Waals surface area contributed by atoms with Crippen molar-refractivity contribution in [1.82, 2.24) is 0 Å². The van der Waals surface area contributed by atoms with E-state index in [0.717, 1.165) is 0 Å². The van der Waals surface area contributed by atoms with E-state index >= 15 is 0 Å². The molecule has 0 spiro atoms. The van der Waals surface area contributed by atoms with Gasteiger partial charge in [0.1, 0.15) is 0 Å². The van der Waals surface area contributed by atoms with Crippen LogP contribution in [0.25, 0.3) is 0 Å². The van der Waals surface area contributed by atoms with Gasteiger partial charge in [0.2, 0.25) is 0 Å². The predicted molar refractivity (Wildman–Crippen MR) is 31.7 cm³/mol. The molecule has 4 nitrogen and oxygen atoms in total. The lowest BCUT2D eigenvalue weighted by molar-refractivity contribution is -0.142. The fourth-order valence-electron chi connectivity index (χ4n) is 0.243. The van der Waals surface area contributed by atoms with Crippen molar-refractivity contribution in [3.8, 4) is 0 Å². The van der Waals surface area contributed by atoms with Crippen LogP contribution in [0.5, 0.6) is 0 Å². The maximum absolute atomic E-state index is 10.4. The first-order chi connectivity index (χ1) is 4.06. The highest BCUT2D eigenvalue weighted by Crippen LogP contribution is 2.04. The molecule has 0 rings (SSSR count). The van der Waals surface area contributed by atoms with Gasteiger partial charge in [0.15, 0.2) is 5.60 Å². The van der Waals surface area contributed by atoms with Crippen molar-refractivity contribution in [3.63, 3.8) is 0 Å². The molecule has 0 aromatic carbocycles. The Labute approximate surface area is 53.6 Å². The first-order valence-corrected chi connectivity index (χ1v) is 2.52. The molecule has 3 N–H and O–H groups in total. The van der Waals surface area contributed by atoms with Gasteiger partial charge < -0.3 is 15.6 Å². The summed E-state index contributed by atoms with van der Waals surface area (Å²) >= 11 is 0. The lowest BCUT2D eigenvalue weighted by Crippen LogP contribution is -2.45. The van der Waals surface area contributed by atoms with Crippen LogP contribution in [0.3, 0.4) is 0 Å². The van der Waals surface area contributed by atoms with Crippen molar-refractivity contribution >= 4 is 5.91 Å². The van der Waals surface area contributed by atoms with Crippen molar-refractivity contribution in [2.75, 3.05) is 13.7 Å². The predicted octanol–water partition coefficient (Wildman–Crippen LogP) is -1.13. The summed E-state index contributed by atoms with van der Waals surface area (Å²) in [4.78, 5) is 10.4. The second-order valence-corrected chi connectivity index (χ2v) is 1.96. The molecule has 0 aromatic rings. The number of ether oxygens (including phenoxy) is 1. The number of carbonyl (C=O) groups excluding carboxylic acids is 1. The van der Waals surface area contributed by atoms with Gasteiger partial charge in [0, 0.05) is 7.11 Å². The largest absolute Gasteiger partial charge is 0.393 e. The molecule has 0 saturated carbocycles. The number of primary amides is 1. The summed E-state index contributed by atoms with van der Waals surface area (Å²) in [5.74, 6) is -0.660. The Morgan fingerprint density at radius 1 is 1.89 bits per heavy atom. The maximum atomic E-state index is 10.4. The zero-order valence-electron chi connectivity index (χ0n) is 5.55. The summed E-state index contributed by atoms with van der Waals surface area (Å²) in [5, 5.41) is 8.53. The standard InChI is InChI=1S/C5H11NO3/c1-5(3-7,9-2)4(6)8/h7H,3H2,1-2H3,(H2,6,8). The molecule has 0 aliphatic heterocycles. The van der Waals surface area contributed by atoms with Gasteiger partial charge in [-0.05, 0) is 6.92 Å². The zero-order valence-corrected chi connectivity index (χ0v) is 5.55. The third-order valence-electron chi connectivity index (χ3n) is 1.27. The topological polar surface area (TPSA) is 72.6 Å². The van der Waals surface area contributed by atoms with E-state index in [9.17, 15) is 4.79 Å². The molecule has 54 valence electrons. The van der Waals surface area contributed by atoms with Gasteiger partial charge >= 0.3 is 0 Å². The number of aliphatic hydroxyl groups excluding tert-OH is 1. The second kappa shape index (κ2) is 2.80. The van der Waals surface area contributed by atoms with Crippen molar-refractivity contribution < 1.29 is 14.6 Å². The van der Waals surface area contributed by atoms with Crippen LogP contribution in [0.1, 0.15) is 6.92 Å². The minimum absolute atomic E-state index is 0.390. The molecule has 1 atom stereocenters. The first kappa shape index (κ1) is 8.39. The molecule has 9 heavy (non-hydrogen) atoms. The van der Waals surface area contributed by atoms with Crippen LogP contribution >= 0.6 is 0 Å². The molecule has 0 radical (unpaired) electrons. The highest BCUT2D eigenvalue weighted by atomic mass is 16.5. The molecule has 0 aliphatic carbocycles. The minimum Gasteiger partial charge on any atom is -0.393 e. The van der Waals surface area contributed by atoms with E-state index in [1.807, 2.05) is 0 Å². The number of nitrogens with two attached hydrogens (primary N) is 1. The number of methoxy groups -OCH3 is 1. The molecular weight excluding hydrogens is 122 g/mol. The molecule has 0 saturated heterocycles. The van der Waals surface area contributed by atoms with Gasteiger partial charge in [-0.15, -0.1) is 0 Å². The van der Waals surface area contributed by atoms with Crippen molar-refractivity contribution in [3.05, 3.63) is 0 Å². The van der Waals surface area contributed by atoms with Crippen LogP contribution in [0.4, 0.5) is 0 Å². The van der Waals surface area contributed by atoms with Gasteiger partial charge in [-0.25, -0.2) is 0 Å². The second-order valence-electron chi connectivity index (χ2n) is 1.96. The average molecular weight is 133 g/mol. The molecule has 0 heterocycles. The summed E-state index contributed by atoms with van der Waals surface area (Å²) in [6.45, 7) is 1.04. The molecule has 0 aromatic heterocycles. The number of amides is 1. The molecular formula is C5H11NO3.